The van der Waals surface area contributed by atoms with E-state index >= 15 is 0 Å². The first kappa shape index (κ1) is 15.2. The summed E-state index contributed by atoms with van der Waals surface area (Å²) in [5.74, 6) is -0.0503. The molecule has 6 nitrogen and oxygen atoms in total. The SMILES string of the molecule is CSC1=NC2(CCN(C(=O)OC(C)(C)C)CC2)C(=O)N1. The maximum absolute atomic E-state index is 12.1. The van der Waals surface area contributed by atoms with Crippen LogP contribution in [0.3, 0.4) is 0 Å². The van der Waals surface area contributed by atoms with Gasteiger partial charge in [0.15, 0.2) is 5.17 Å². The summed E-state index contributed by atoms with van der Waals surface area (Å²) in [6, 6.07) is 0. The zero-order valence-electron chi connectivity index (χ0n) is 12.4. The number of rotatable bonds is 0. The number of nitrogens with one attached hydrogen (secondary N) is 1. The molecule has 2 rings (SSSR count). The Balaban J connectivity index is 1.98. The largest absolute Gasteiger partial charge is 0.444 e. The van der Waals surface area contributed by atoms with Crippen LogP contribution in [0.5, 0.6) is 0 Å². The van der Waals surface area contributed by atoms with Crippen LogP contribution < -0.4 is 5.32 Å². The molecule has 0 bridgehead atoms. The van der Waals surface area contributed by atoms with E-state index in [1.165, 1.54) is 11.8 Å². The molecule has 0 unspecified atom stereocenters. The smallest absolute Gasteiger partial charge is 0.410 e. The van der Waals surface area contributed by atoms with E-state index in [1.807, 2.05) is 27.0 Å². The van der Waals surface area contributed by atoms with Crippen molar-refractivity contribution in [1.82, 2.24) is 10.2 Å². The summed E-state index contributed by atoms with van der Waals surface area (Å²) >= 11 is 1.43. The van der Waals surface area contributed by atoms with Crippen LogP contribution in [0.2, 0.25) is 0 Å². The van der Waals surface area contributed by atoms with Gasteiger partial charge in [0.05, 0.1) is 0 Å². The number of likely N-dealkylation sites (tertiary alicyclic amines) is 1. The summed E-state index contributed by atoms with van der Waals surface area (Å²) in [4.78, 5) is 30.2. The van der Waals surface area contributed by atoms with E-state index in [1.54, 1.807) is 4.90 Å². The molecule has 2 aliphatic rings. The standard InChI is InChI=1S/C13H21N3O3S/c1-12(2,3)19-11(18)16-7-5-13(6-8-16)9(17)14-10(15-13)20-4/h5-8H2,1-4H3,(H,14,15,17). The Hall–Kier alpha value is -1.24. The number of hydrogen-bond acceptors (Lipinski definition) is 5. The van der Waals surface area contributed by atoms with Gasteiger partial charge in [-0.1, -0.05) is 11.8 Å². The molecule has 1 N–H and O–H groups in total. The summed E-state index contributed by atoms with van der Waals surface area (Å²) in [5, 5.41) is 3.45. The summed E-state index contributed by atoms with van der Waals surface area (Å²) in [6.45, 7) is 6.52. The van der Waals surface area contributed by atoms with Gasteiger partial charge in [-0.25, -0.2) is 9.79 Å². The van der Waals surface area contributed by atoms with Crippen LogP contribution in [0.1, 0.15) is 33.6 Å². The van der Waals surface area contributed by atoms with Crippen LogP contribution in [0, 0.1) is 0 Å². The summed E-state index contributed by atoms with van der Waals surface area (Å²) in [7, 11) is 0. The maximum Gasteiger partial charge on any atom is 0.410 e. The van der Waals surface area contributed by atoms with Gasteiger partial charge in [0.2, 0.25) is 0 Å². The topological polar surface area (TPSA) is 71.0 Å². The zero-order chi connectivity index (χ0) is 15.0. The molecule has 0 aromatic carbocycles. The second-order valence-corrected chi connectivity index (χ2v) is 6.87. The second-order valence-electron chi connectivity index (χ2n) is 6.07. The lowest BCUT2D eigenvalue weighted by atomic mass is 9.88. The summed E-state index contributed by atoms with van der Waals surface area (Å²) in [5.41, 5.74) is -1.18. The Bertz CT molecular complexity index is 448. The summed E-state index contributed by atoms with van der Waals surface area (Å²) in [6.07, 6.45) is 2.65. The normalized spacial score (nSPS) is 21.7. The molecule has 1 spiro atoms. The highest BCUT2D eigenvalue weighted by Gasteiger charge is 2.46. The van der Waals surface area contributed by atoms with Crippen molar-refractivity contribution >= 4 is 28.9 Å². The van der Waals surface area contributed by atoms with Crippen molar-refractivity contribution in [1.29, 1.82) is 0 Å². The molecule has 112 valence electrons. The van der Waals surface area contributed by atoms with Crippen molar-refractivity contribution in [2.45, 2.75) is 44.8 Å². The molecular formula is C13H21N3O3S. The maximum atomic E-state index is 12.1. The number of amides is 2. The molecular weight excluding hydrogens is 278 g/mol. The monoisotopic (exact) mass is 299 g/mol. The molecule has 0 aromatic heterocycles. The van der Waals surface area contributed by atoms with E-state index in [9.17, 15) is 9.59 Å². The molecule has 2 amide bonds. The number of hydrogen-bond donors (Lipinski definition) is 1. The second kappa shape index (κ2) is 5.27. The van der Waals surface area contributed by atoms with Crippen LogP contribution in [0.15, 0.2) is 4.99 Å². The number of nitrogens with zero attached hydrogens (tertiary/aromatic N) is 2. The molecule has 7 heteroatoms. The number of aliphatic imine (C=N–C) groups is 1. The first-order valence-electron chi connectivity index (χ1n) is 6.69. The van der Waals surface area contributed by atoms with E-state index in [4.69, 9.17) is 4.74 Å². The van der Waals surface area contributed by atoms with Crippen LogP contribution >= 0.6 is 11.8 Å². The van der Waals surface area contributed by atoms with Crippen molar-refractivity contribution < 1.29 is 14.3 Å². The third-order valence-electron chi connectivity index (χ3n) is 3.39. The van der Waals surface area contributed by atoms with E-state index in [0.717, 1.165) is 0 Å². The summed E-state index contributed by atoms with van der Waals surface area (Å²) < 4.78 is 5.34. The number of ether oxygens (including phenoxy) is 1. The van der Waals surface area contributed by atoms with Gasteiger partial charge >= 0.3 is 6.09 Å². The molecule has 2 aliphatic heterocycles. The van der Waals surface area contributed by atoms with Gasteiger partial charge in [0, 0.05) is 13.1 Å². The molecule has 20 heavy (non-hydrogen) atoms. The Kier molecular flexibility index (Phi) is 4.00. The van der Waals surface area contributed by atoms with Gasteiger partial charge in [0.1, 0.15) is 11.1 Å². The van der Waals surface area contributed by atoms with Gasteiger partial charge in [-0.3, -0.25) is 4.79 Å². The fourth-order valence-corrected chi connectivity index (χ4v) is 2.77. The molecule has 2 heterocycles. The predicted octanol–water partition coefficient (Wildman–Crippen LogP) is 1.60. The Labute approximate surface area is 123 Å². The van der Waals surface area contributed by atoms with Gasteiger partial charge in [0.25, 0.3) is 5.91 Å². The number of amidine groups is 1. The quantitative estimate of drug-likeness (QED) is 0.737. The number of carbonyl (C=O) groups is 2. The number of thioether (sulfide) groups is 1. The van der Waals surface area contributed by atoms with E-state index in [0.29, 0.717) is 31.1 Å². The first-order valence-corrected chi connectivity index (χ1v) is 7.91. The molecule has 0 radical (unpaired) electrons. The van der Waals surface area contributed by atoms with E-state index in [2.05, 4.69) is 10.3 Å². The molecule has 1 saturated heterocycles. The predicted molar refractivity (Wildman–Crippen MR) is 78.9 cm³/mol. The van der Waals surface area contributed by atoms with Gasteiger partial charge in [-0.2, -0.15) is 0 Å². The lowest BCUT2D eigenvalue weighted by Gasteiger charge is -2.36. The van der Waals surface area contributed by atoms with Crippen LogP contribution in [-0.2, 0) is 9.53 Å². The van der Waals surface area contributed by atoms with Crippen molar-refractivity contribution in [2.75, 3.05) is 19.3 Å². The van der Waals surface area contributed by atoms with Crippen LogP contribution in [0.25, 0.3) is 0 Å². The lowest BCUT2D eigenvalue weighted by Crippen LogP contribution is -2.51. The molecule has 0 saturated carbocycles. The van der Waals surface area contributed by atoms with Crippen molar-refractivity contribution in [3.8, 4) is 0 Å². The van der Waals surface area contributed by atoms with Crippen LogP contribution in [-0.4, -0.2) is 52.6 Å². The Morgan fingerprint density at radius 1 is 1.40 bits per heavy atom. The van der Waals surface area contributed by atoms with Crippen molar-refractivity contribution in [2.24, 2.45) is 4.99 Å². The average molecular weight is 299 g/mol. The molecule has 1 fully saturated rings. The lowest BCUT2D eigenvalue weighted by molar-refractivity contribution is -0.125. The fraction of sp³-hybridized carbons (Fsp3) is 0.769. The Morgan fingerprint density at radius 2 is 2.00 bits per heavy atom. The van der Waals surface area contributed by atoms with Gasteiger partial charge < -0.3 is 15.0 Å². The molecule has 0 atom stereocenters. The highest BCUT2D eigenvalue weighted by molar-refractivity contribution is 8.13. The fourth-order valence-electron chi connectivity index (χ4n) is 2.31. The van der Waals surface area contributed by atoms with Crippen LogP contribution in [0.4, 0.5) is 4.79 Å². The molecule has 0 aromatic rings. The zero-order valence-corrected chi connectivity index (χ0v) is 13.2. The van der Waals surface area contributed by atoms with Gasteiger partial charge in [-0.05, 0) is 39.9 Å². The molecule has 0 aliphatic carbocycles. The average Bonchev–Trinajstić information content (AvgIpc) is 2.65. The van der Waals surface area contributed by atoms with Gasteiger partial charge in [-0.15, -0.1) is 0 Å². The highest BCUT2D eigenvalue weighted by atomic mass is 32.2. The van der Waals surface area contributed by atoms with E-state index in [-0.39, 0.29) is 12.0 Å². The van der Waals surface area contributed by atoms with Crippen molar-refractivity contribution in [3.05, 3.63) is 0 Å². The third kappa shape index (κ3) is 3.08. The minimum Gasteiger partial charge on any atom is -0.444 e. The third-order valence-corrected chi connectivity index (χ3v) is 3.97. The van der Waals surface area contributed by atoms with Crippen molar-refractivity contribution in [3.63, 3.8) is 0 Å². The first-order chi connectivity index (χ1) is 9.26. The Morgan fingerprint density at radius 3 is 2.45 bits per heavy atom. The highest BCUT2D eigenvalue weighted by Crippen LogP contribution is 2.31. The minimum absolute atomic E-state index is 0.0503. The minimum atomic E-state index is -0.684. The number of carbonyl (C=O) groups excluding carboxylic acids is 2. The van der Waals surface area contributed by atoms with E-state index < -0.39 is 11.1 Å². The number of piperidine rings is 1.